The smallest absolute Gasteiger partial charge is 0.0724 e. The van der Waals surface area contributed by atoms with Gasteiger partial charge in [0.2, 0.25) is 0 Å². The zero-order chi connectivity index (χ0) is 30.1. The molecule has 9 rings (SSSR count). The normalized spacial score (nSPS) is 12.9. The van der Waals surface area contributed by atoms with Gasteiger partial charge in [0.05, 0.1) is 34.0 Å². The maximum Gasteiger partial charge on any atom is 0.0724 e. The van der Waals surface area contributed by atoms with Gasteiger partial charge in [0, 0.05) is 59.8 Å². The van der Waals surface area contributed by atoms with Crippen molar-refractivity contribution in [2.45, 2.75) is 6.92 Å². The second-order valence-electron chi connectivity index (χ2n) is 11.5. The van der Waals surface area contributed by atoms with Crippen LogP contribution in [-0.4, -0.2) is 14.1 Å². The summed E-state index contributed by atoms with van der Waals surface area (Å²) < 4.78 is 7.15. The van der Waals surface area contributed by atoms with E-state index in [1.807, 2.05) is 23.7 Å². The number of nitrogens with two attached hydrogens (primary N) is 1. The summed E-state index contributed by atoms with van der Waals surface area (Å²) in [5, 5.41) is 7.41. The summed E-state index contributed by atoms with van der Waals surface area (Å²) >= 11 is 1.84. The molecule has 0 saturated carbocycles. The molecule has 0 unspecified atom stereocenters. The van der Waals surface area contributed by atoms with E-state index in [1.165, 1.54) is 52.8 Å². The Morgan fingerprint density at radius 1 is 0.644 bits per heavy atom. The number of thiophene rings is 1. The first-order chi connectivity index (χ1) is 22.2. The minimum Gasteiger partial charge on any atom is -0.403 e. The molecule has 0 aliphatic carbocycles. The van der Waals surface area contributed by atoms with Crippen molar-refractivity contribution in [3.8, 4) is 5.69 Å². The first-order valence-corrected chi connectivity index (χ1v) is 15.9. The van der Waals surface area contributed by atoms with Crippen LogP contribution in [0.3, 0.4) is 0 Å². The highest BCUT2D eigenvalue weighted by atomic mass is 32.1. The maximum absolute atomic E-state index is 6.33. The molecular formula is C40H28N4S. The number of fused-ring (bicyclic) bond motifs is 9. The molecule has 0 fully saturated rings. The minimum absolute atomic E-state index is 0.947. The van der Waals surface area contributed by atoms with Crippen molar-refractivity contribution in [3.05, 3.63) is 145 Å². The molecule has 45 heavy (non-hydrogen) atoms. The van der Waals surface area contributed by atoms with Gasteiger partial charge in [-0.15, -0.1) is 11.3 Å². The molecule has 4 aromatic heterocycles. The number of hydrogen-bond donors (Lipinski definition) is 1. The third-order valence-electron chi connectivity index (χ3n) is 9.02. The minimum atomic E-state index is 0.947. The van der Waals surface area contributed by atoms with Crippen molar-refractivity contribution in [2.75, 3.05) is 0 Å². The average molecular weight is 597 g/mol. The molecule has 0 aliphatic heterocycles. The molecule has 0 amide bonds. The van der Waals surface area contributed by atoms with E-state index in [1.54, 1.807) is 6.20 Å². The van der Waals surface area contributed by atoms with Crippen LogP contribution in [0, 0.1) is 0 Å². The molecule has 0 aliphatic rings. The molecule has 0 saturated heterocycles. The summed E-state index contributed by atoms with van der Waals surface area (Å²) in [5.74, 6) is 0. The third-order valence-corrected chi connectivity index (χ3v) is 10.2. The summed E-state index contributed by atoms with van der Waals surface area (Å²) in [6, 6.07) is 41.4. The standard InChI is InChI=1S/C40H28N4S/c1-25(20-28(23-41)44-36-12-6-2-8-29(36)30-9-3-7-13-37(30)44)26-14-16-39-33(21-26)34-22-27(15-17-40(34)45-39)43-35-11-5-4-10-31(35)32-18-19-42-24-38(32)43/h2-24H,41H2,1H3/b25-20+,28-23+. The van der Waals surface area contributed by atoms with E-state index < -0.39 is 0 Å². The molecule has 5 heteroatoms. The van der Waals surface area contributed by atoms with Gasteiger partial charge in [-0.3, -0.25) is 4.98 Å². The lowest BCUT2D eigenvalue weighted by atomic mass is 10.0. The van der Waals surface area contributed by atoms with Gasteiger partial charge >= 0.3 is 0 Å². The summed E-state index contributed by atoms with van der Waals surface area (Å²) in [6.07, 6.45) is 7.76. The van der Waals surface area contributed by atoms with Crippen molar-refractivity contribution in [3.63, 3.8) is 0 Å². The van der Waals surface area contributed by atoms with Crippen molar-refractivity contribution in [2.24, 2.45) is 5.73 Å². The van der Waals surface area contributed by atoms with Crippen LogP contribution in [0.2, 0.25) is 0 Å². The molecule has 0 spiro atoms. The quantitative estimate of drug-likeness (QED) is 0.206. The summed E-state index contributed by atoms with van der Waals surface area (Å²) in [4.78, 5) is 4.47. The van der Waals surface area contributed by atoms with Crippen molar-refractivity contribution in [1.82, 2.24) is 14.1 Å². The van der Waals surface area contributed by atoms with Crippen molar-refractivity contribution in [1.29, 1.82) is 0 Å². The summed E-state index contributed by atoms with van der Waals surface area (Å²) in [5.41, 5.74) is 15.3. The zero-order valence-electron chi connectivity index (χ0n) is 24.6. The van der Waals surface area contributed by atoms with Crippen LogP contribution < -0.4 is 5.73 Å². The molecule has 2 N–H and O–H groups in total. The number of hydrogen-bond acceptors (Lipinski definition) is 3. The van der Waals surface area contributed by atoms with Gasteiger partial charge in [-0.05, 0) is 78.7 Å². The van der Waals surface area contributed by atoms with Crippen molar-refractivity contribution < 1.29 is 0 Å². The number of nitrogens with zero attached hydrogens (tertiary/aromatic N) is 3. The predicted octanol–water partition coefficient (Wildman–Crippen LogP) is 10.5. The molecular weight excluding hydrogens is 569 g/mol. The van der Waals surface area contributed by atoms with Gasteiger partial charge in [-0.25, -0.2) is 0 Å². The highest BCUT2D eigenvalue weighted by Crippen LogP contribution is 2.39. The van der Waals surface area contributed by atoms with Crippen LogP contribution in [0.25, 0.3) is 80.7 Å². The molecule has 0 bridgehead atoms. The lowest BCUT2D eigenvalue weighted by molar-refractivity contribution is 1.17. The second kappa shape index (κ2) is 9.94. The van der Waals surface area contributed by atoms with Gasteiger partial charge in [0.15, 0.2) is 0 Å². The molecule has 4 heterocycles. The molecule has 214 valence electrons. The van der Waals surface area contributed by atoms with Crippen LogP contribution >= 0.6 is 11.3 Å². The van der Waals surface area contributed by atoms with Gasteiger partial charge in [0.25, 0.3) is 0 Å². The van der Waals surface area contributed by atoms with Gasteiger partial charge in [-0.2, -0.15) is 0 Å². The SMILES string of the molecule is C/C(=C\C(=C/N)n1c2ccccc2c2ccccc21)c1ccc2sc3ccc(-n4c5ccccc5c5ccncc54)cc3c2c1. The maximum atomic E-state index is 6.33. The first kappa shape index (κ1) is 25.8. The molecule has 0 radical (unpaired) electrons. The lowest BCUT2D eigenvalue weighted by Crippen LogP contribution is -1.98. The van der Waals surface area contributed by atoms with E-state index in [9.17, 15) is 0 Å². The van der Waals surface area contributed by atoms with Crippen LogP contribution in [-0.2, 0) is 0 Å². The average Bonchev–Trinajstić information content (AvgIpc) is 3.74. The topological polar surface area (TPSA) is 48.8 Å². The van der Waals surface area contributed by atoms with Crippen LogP contribution in [0.15, 0.2) is 140 Å². The van der Waals surface area contributed by atoms with E-state index in [2.05, 4.69) is 142 Å². The van der Waals surface area contributed by atoms with E-state index in [-0.39, 0.29) is 0 Å². The van der Waals surface area contributed by atoms with E-state index in [4.69, 9.17) is 5.73 Å². The first-order valence-electron chi connectivity index (χ1n) is 15.1. The van der Waals surface area contributed by atoms with Gasteiger partial charge in [0.1, 0.15) is 0 Å². The monoisotopic (exact) mass is 596 g/mol. The van der Waals surface area contributed by atoms with E-state index >= 15 is 0 Å². The van der Waals surface area contributed by atoms with E-state index in [0.29, 0.717) is 0 Å². The number of para-hydroxylation sites is 3. The Labute approximate surface area is 263 Å². The van der Waals surface area contributed by atoms with Gasteiger partial charge < -0.3 is 14.9 Å². The molecule has 5 aromatic carbocycles. The van der Waals surface area contributed by atoms with Gasteiger partial charge in [-0.1, -0.05) is 60.7 Å². The lowest BCUT2D eigenvalue weighted by Gasteiger charge is -2.11. The Bertz CT molecular complexity index is 2570. The van der Waals surface area contributed by atoms with Crippen LogP contribution in [0.1, 0.15) is 12.5 Å². The molecule has 0 atom stereocenters. The second-order valence-corrected chi connectivity index (χ2v) is 12.6. The van der Waals surface area contributed by atoms with Crippen LogP contribution in [0.5, 0.6) is 0 Å². The predicted molar refractivity (Wildman–Crippen MR) is 193 cm³/mol. The van der Waals surface area contributed by atoms with Crippen molar-refractivity contribution >= 4 is 86.4 Å². The fourth-order valence-corrected chi connectivity index (χ4v) is 8.01. The number of rotatable bonds is 4. The Balaban J connectivity index is 1.19. The Kier molecular flexibility index (Phi) is 5.70. The summed E-state index contributed by atoms with van der Waals surface area (Å²) in [6.45, 7) is 2.17. The fraction of sp³-hybridized carbons (Fsp3) is 0.0250. The van der Waals surface area contributed by atoms with E-state index in [0.717, 1.165) is 33.5 Å². The Hall–Kier alpha value is -5.65. The third kappa shape index (κ3) is 3.88. The number of allylic oxidation sites excluding steroid dienone is 3. The number of benzene rings is 5. The largest absolute Gasteiger partial charge is 0.403 e. The Morgan fingerprint density at radius 3 is 1.96 bits per heavy atom. The molecule has 4 nitrogen and oxygen atoms in total. The fourth-order valence-electron chi connectivity index (χ4n) is 6.94. The number of pyridine rings is 1. The zero-order valence-corrected chi connectivity index (χ0v) is 25.4. The van der Waals surface area contributed by atoms with Crippen LogP contribution in [0.4, 0.5) is 0 Å². The highest BCUT2D eigenvalue weighted by Gasteiger charge is 2.15. The highest BCUT2D eigenvalue weighted by molar-refractivity contribution is 7.25. The Morgan fingerprint density at radius 2 is 1.24 bits per heavy atom. The number of aromatic nitrogens is 3. The summed E-state index contributed by atoms with van der Waals surface area (Å²) in [7, 11) is 0. The molecule has 9 aromatic rings.